The van der Waals surface area contributed by atoms with Gasteiger partial charge in [-0.25, -0.2) is 4.39 Å². The minimum absolute atomic E-state index is 0.133. The number of carbonyl (C=O) groups excluding carboxylic acids is 2. The highest BCUT2D eigenvalue weighted by Gasteiger charge is 2.20. The summed E-state index contributed by atoms with van der Waals surface area (Å²) in [7, 11) is 1.40. The van der Waals surface area contributed by atoms with Crippen LogP contribution in [-0.2, 0) is 0 Å². The molecule has 7 nitrogen and oxygen atoms in total. The average molecular weight is 473 g/mol. The Labute approximate surface area is 194 Å². The van der Waals surface area contributed by atoms with Gasteiger partial charge in [-0.3, -0.25) is 9.59 Å². The van der Waals surface area contributed by atoms with Crippen molar-refractivity contribution in [3.05, 3.63) is 88.2 Å². The summed E-state index contributed by atoms with van der Waals surface area (Å²) < 4.78 is 18.4. The Hall–Kier alpha value is -3.46. The first-order chi connectivity index (χ1) is 15.8. The van der Waals surface area contributed by atoms with E-state index in [1.165, 1.54) is 37.4 Å². The smallest absolute Gasteiger partial charge is 0.251 e. The fourth-order valence-corrected chi connectivity index (χ4v) is 3.29. The van der Waals surface area contributed by atoms with E-state index in [2.05, 4.69) is 10.6 Å². The molecular formula is C24H22ClFN2O5. The minimum atomic E-state index is -1.09. The zero-order valence-electron chi connectivity index (χ0n) is 17.6. The van der Waals surface area contributed by atoms with Crippen LogP contribution < -0.4 is 15.4 Å². The van der Waals surface area contributed by atoms with E-state index < -0.39 is 24.4 Å². The Balaban J connectivity index is 1.84. The van der Waals surface area contributed by atoms with Gasteiger partial charge in [-0.1, -0.05) is 11.6 Å². The molecule has 172 valence electrons. The summed E-state index contributed by atoms with van der Waals surface area (Å²) in [6.45, 7) is -0.629. The number of hydrogen-bond acceptors (Lipinski definition) is 6. The van der Waals surface area contributed by atoms with Crippen molar-refractivity contribution >= 4 is 34.7 Å². The number of ketones is 1. The second-order valence-electron chi connectivity index (χ2n) is 7.12. The second-order valence-corrected chi connectivity index (χ2v) is 7.52. The van der Waals surface area contributed by atoms with E-state index in [9.17, 15) is 19.1 Å². The lowest BCUT2D eigenvalue weighted by atomic mass is 9.99. The lowest BCUT2D eigenvalue weighted by molar-refractivity contribution is 0.0802. The van der Waals surface area contributed by atoms with E-state index in [0.29, 0.717) is 11.4 Å². The van der Waals surface area contributed by atoms with Crippen LogP contribution in [0.15, 0.2) is 60.7 Å². The van der Waals surface area contributed by atoms with E-state index in [0.717, 1.165) is 0 Å². The van der Waals surface area contributed by atoms with E-state index in [-0.39, 0.29) is 39.8 Å². The Morgan fingerprint density at radius 1 is 1.03 bits per heavy atom. The molecule has 0 bridgehead atoms. The SMILES string of the molecule is COc1ccc(C(=O)NCC(O)CO)cc1C(=O)c1ccc(Nc2ccc(F)cc2)cc1Cl. The first kappa shape index (κ1) is 24.2. The molecule has 0 aliphatic rings. The molecule has 9 heteroatoms. The van der Waals surface area contributed by atoms with Crippen LogP contribution in [0, 0.1) is 5.82 Å². The number of anilines is 2. The molecular weight excluding hydrogens is 451 g/mol. The Morgan fingerprint density at radius 2 is 1.73 bits per heavy atom. The number of rotatable bonds is 9. The van der Waals surface area contributed by atoms with Gasteiger partial charge in [-0.15, -0.1) is 0 Å². The average Bonchev–Trinajstić information content (AvgIpc) is 2.83. The molecule has 0 aliphatic heterocycles. The summed E-state index contributed by atoms with van der Waals surface area (Å²) in [4.78, 5) is 25.6. The molecule has 33 heavy (non-hydrogen) atoms. The van der Waals surface area contributed by atoms with Gasteiger partial charge in [0.1, 0.15) is 11.6 Å². The second kappa shape index (κ2) is 10.9. The highest BCUT2D eigenvalue weighted by Crippen LogP contribution is 2.29. The lowest BCUT2D eigenvalue weighted by Crippen LogP contribution is -2.33. The summed E-state index contributed by atoms with van der Waals surface area (Å²) in [6.07, 6.45) is -1.09. The van der Waals surface area contributed by atoms with Crippen molar-refractivity contribution < 1.29 is 28.9 Å². The number of ether oxygens (including phenoxy) is 1. The third kappa shape index (κ3) is 6.07. The van der Waals surface area contributed by atoms with Crippen LogP contribution in [0.5, 0.6) is 5.75 Å². The fraction of sp³-hybridized carbons (Fsp3) is 0.167. The molecule has 1 amide bonds. The first-order valence-corrected chi connectivity index (χ1v) is 10.3. The maximum Gasteiger partial charge on any atom is 0.251 e. The van der Waals surface area contributed by atoms with Gasteiger partial charge in [0.05, 0.1) is 30.4 Å². The van der Waals surface area contributed by atoms with Gasteiger partial charge < -0.3 is 25.6 Å². The number of amides is 1. The van der Waals surface area contributed by atoms with Crippen LogP contribution in [0.4, 0.5) is 15.8 Å². The van der Waals surface area contributed by atoms with Crippen molar-refractivity contribution in [2.24, 2.45) is 0 Å². The van der Waals surface area contributed by atoms with E-state index in [4.69, 9.17) is 21.4 Å². The zero-order chi connectivity index (χ0) is 24.0. The monoisotopic (exact) mass is 472 g/mol. The molecule has 0 aromatic heterocycles. The predicted octanol–water partition coefficient (Wildman–Crippen LogP) is 3.55. The summed E-state index contributed by atoms with van der Waals surface area (Å²) in [5, 5.41) is 24.0. The molecule has 3 rings (SSSR count). The quantitative estimate of drug-likeness (QED) is 0.355. The number of methoxy groups -OCH3 is 1. The standard InChI is InChI=1S/C24H22ClFN2O5/c1-33-22-9-2-14(24(32)27-12-18(30)13-29)10-20(22)23(31)19-8-7-17(11-21(19)25)28-16-5-3-15(26)4-6-16/h2-11,18,28-30H,12-13H2,1H3,(H,27,32). The molecule has 3 aromatic rings. The van der Waals surface area contributed by atoms with Gasteiger partial charge in [0.15, 0.2) is 5.78 Å². The number of aliphatic hydroxyl groups is 2. The highest BCUT2D eigenvalue weighted by atomic mass is 35.5. The molecule has 0 radical (unpaired) electrons. The predicted molar refractivity (Wildman–Crippen MR) is 123 cm³/mol. The fourth-order valence-electron chi connectivity index (χ4n) is 3.03. The maximum absolute atomic E-state index is 13.2. The van der Waals surface area contributed by atoms with Gasteiger partial charge in [0, 0.05) is 29.0 Å². The molecule has 4 N–H and O–H groups in total. The summed E-state index contributed by atoms with van der Waals surface area (Å²) in [6, 6.07) is 14.9. The van der Waals surface area contributed by atoms with Gasteiger partial charge >= 0.3 is 0 Å². The highest BCUT2D eigenvalue weighted by molar-refractivity contribution is 6.35. The molecule has 1 atom stereocenters. The molecule has 0 heterocycles. The normalized spacial score (nSPS) is 11.5. The Kier molecular flexibility index (Phi) is 8.00. The summed E-state index contributed by atoms with van der Waals surface area (Å²) in [5.74, 6) is -1.06. The largest absolute Gasteiger partial charge is 0.496 e. The van der Waals surface area contributed by atoms with Crippen molar-refractivity contribution in [2.75, 3.05) is 25.6 Å². The third-order valence-corrected chi connectivity index (χ3v) is 5.07. The number of nitrogens with one attached hydrogen (secondary N) is 2. The van der Waals surface area contributed by atoms with Crippen LogP contribution in [-0.4, -0.2) is 48.3 Å². The number of hydrogen-bond donors (Lipinski definition) is 4. The number of benzene rings is 3. The maximum atomic E-state index is 13.2. The topological polar surface area (TPSA) is 108 Å². The minimum Gasteiger partial charge on any atom is -0.496 e. The van der Waals surface area contributed by atoms with Crippen LogP contribution in [0.1, 0.15) is 26.3 Å². The molecule has 0 fully saturated rings. The van der Waals surface area contributed by atoms with Gasteiger partial charge in [0.2, 0.25) is 0 Å². The number of aliphatic hydroxyl groups excluding tert-OH is 2. The van der Waals surface area contributed by atoms with E-state index in [1.807, 2.05) is 0 Å². The van der Waals surface area contributed by atoms with Crippen molar-refractivity contribution in [3.63, 3.8) is 0 Å². The van der Waals surface area contributed by atoms with Crippen LogP contribution in [0.3, 0.4) is 0 Å². The van der Waals surface area contributed by atoms with Crippen LogP contribution in [0.25, 0.3) is 0 Å². The molecule has 1 unspecified atom stereocenters. The van der Waals surface area contributed by atoms with E-state index in [1.54, 1.807) is 30.3 Å². The van der Waals surface area contributed by atoms with Gasteiger partial charge in [0.25, 0.3) is 5.91 Å². The van der Waals surface area contributed by atoms with E-state index >= 15 is 0 Å². The molecule has 0 spiro atoms. The summed E-state index contributed by atoms with van der Waals surface area (Å²) in [5.41, 5.74) is 1.76. The lowest BCUT2D eigenvalue weighted by Gasteiger charge is -2.13. The van der Waals surface area contributed by atoms with Crippen LogP contribution >= 0.6 is 11.6 Å². The zero-order valence-corrected chi connectivity index (χ0v) is 18.4. The van der Waals surface area contributed by atoms with Crippen LogP contribution in [0.2, 0.25) is 5.02 Å². The summed E-state index contributed by atoms with van der Waals surface area (Å²) >= 11 is 6.37. The van der Waals surface area contributed by atoms with Crippen molar-refractivity contribution in [3.8, 4) is 5.75 Å². The third-order valence-electron chi connectivity index (χ3n) is 4.76. The number of halogens is 2. The first-order valence-electron chi connectivity index (χ1n) is 9.94. The molecule has 0 aliphatic carbocycles. The number of carbonyl (C=O) groups is 2. The molecule has 0 saturated heterocycles. The Morgan fingerprint density at radius 3 is 2.36 bits per heavy atom. The van der Waals surface area contributed by atoms with Gasteiger partial charge in [-0.2, -0.15) is 0 Å². The van der Waals surface area contributed by atoms with Gasteiger partial charge in [-0.05, 0) is 60.7 Å². The van der Waals surface area contributed by atoms with Crippen molar-refractivity contribution in [2.45, 2.75) is 6.10 Å². The molecule has 3 aromatic carbocycles. The van der Waals surface area contributed by atoms with Crippen molar-refractivity contribution in [1.29, 1.82) is 0 Å². The Bertz CT molecular complexity index is 1150. The van der Waals surface area contributed by atoms with Crippen molar-refractivity contribution in [1.82, 2.24) is 5.32 Å². The molecule has 0 saturated carbocycles.